The van der Waals surface area contributed by atoms with Crippen LogP contribution in [0, 0.1) is 0 Å². The SMILES string of the molecule is O=C(CN(Cc1ccc(C(=O)NO)cc1)C(=O)Cc1ccccc1)NC1CCCCC1. The molecule has 2 aromatic rings. The van der Waals surface area contributed by atoms with Crippen LogP contribution in [0.15, 0.2) is 54.6 Å². The largest absolute Gasteiger partial charge is 0.352 e. The number of amides is 3. The molecule has 3 rings (SSSR count). The monoisotopic (exact) mass is 423 g/mol. The van der Waals surface area contributed by atoms with Crippen LogP contribution in [0.4, 0.5) is 0 Å². The van der Waals surface area contributed by atoms with Gasteiger partial charge in [-0.05, 0) is 36.1 Å². The lowest BCUT2D eigenvalue weighted by Crippen LogP contribution is -2.44. The van der Waals surface area contributed by atoms with Gasteiger partial charge in [0, 0.05) is 18.2 Å². The summed E-state index contributed by atoms with van der Waals surface area (Å²) < 4.78 is 0. The van der Waals surface area contributed by atoms with Crippen molar-refractivity contribution in [3.63, 3.8) is 0 Å². The highest BCUT2D eigenvalue weighted by atomic mass is 16.5. The van der Waals surface area contributed by atoms with Crippen LogP contribution in [-0.2, 0) is 22.6 Å². The minimum atomic E-state index is -0.601. The average Bonchev–Trinajstić information content (AvgIpc) is 2.80. The third-order valence-electron chi connectivity index (χ3n) is 5.55. The fourth-order valence-corrected chi connectivity index (χ4v) is 3.85. The van der Waals surface area contributed by atoms with E-state index in [1.54, 1.807) is 34.6 Å². The van der Waals surface area contributed by atoms with Crippen LogP contribution in [-0.4, -0.2) is 40.4 Å². The van der Waals surface area contributed by atoms with Gasteiger partial charge in [0.25, 0.3) is 5.91 Å². The Bertz CT molecular complexity index is 877. The summed E-state index contributed by atoms with van der Waals surface area (Å²) in [5.74, 6) is -0.887. The molecule has 2 aromatic carbocycles. The standard InChI is InChI=1S/C24H29N3O4/c28-22(25-21-9-5-2-6-10-21)17-27(23(29)15-18-7-3-1-4-8-18)16-19-11-13-20(14-12-19)24(30)26-31/h1,3-4,7-8,11-14,21,31H,2,5-6,9-10,15-17H2,(H,25,28)(H,26,30). The predicted molar refractivity (Wildman–Crippen MR) is 116 cm³/mol. The average molecular weight is 424 g/mol. The maximum atomic E-state index is 13.0. The third-order valence-corrected chi connectivity index (χ3v) is 5.55. The van der Waals surface area contributed by atoms with Crippen molar-refractivity contribution in [3.8, 4) is 0 Å². The van der Waals surface area contributed by atoms with Gasteiger partial charge in [0.15, 0.2) is 0 Å². The summed E-state index contributed by atoms with van der Waals surface area (Å²) in [6, 6.07) is 16.2. The Kier molecular flexibility index (Phi) is 8.18. The molecule has 0 bridgehead atoms. The summed E-state index contributed by atoms with van der Waals surface area (Å²) in [4.78, 5) is 38.7. The molecule has 3 N–H and O–H groups in total. The number of nitrogens with zero attached hydrogens (tertiary/aromatic N) is 1. The van der Waals surface area contributed by atoms with Crippen molar-refractivity contribution in [1.29, 1.82) is 0 Å². The predicted octanol–water partition coefficient (Wildman–Crippen LogP) is 2.83. The first-order valence-corrected chi connectivity index (χ1v) is 10.7. The number of benzene rings is 2. The van der Waals surface area contributed by atoms with E-state index in [0.29, 0.717) is 5.56 Å². The molecular weight excluding hydrogens is 394 g/mol. The van der Waals surface area contributed by atoms with Crippen molar-refractivity contribution in [2.24, 2.45) is 0 Å². The second kappa shape index (κ2) is 11.3. The number of carbonyl (C=O) groups excluding carboxylic acids is 3. The molecule has 0 radical (unpaired) electrons. The van der Waals surface area contributed by atoms with Crippen LogP contribution in [0.5, 0.6) is 0 Å². The fourth-order valence-electron chi connectivity index (χ4n) is 3.85. The molecule has 1 aliphatic carbocycles. The van der Waals surface area contributed by atoms with Crippen molar-refractivity contribution in [2.45, 2.75) is 51.1 Å². The van der Waals surface area contributed by atoms with E-state index in [2.05, 4.69) is 5.32 Å². The Morgan fingerprint density at radius 2 is 1.58 bits per heavy atom. The van der Waals surface area contributed by atoms with E-state index >= 15 is 0 Å². The summed E-state index contributed by atoms with van der Waals surface area (Å²) in [5.41, 5.74) is 3.59. The van der Waals surface area contributed by atoms with E-state index in [4.69, 9.17) is 5.21 Å². The van der Waals surface area contributed by atoms with Crippen LogP contribution in [0.3, 0.4) is 0 Å². The topological polar surface area (TPSA) is 98.7 Å². The molecule has 0 atom stereocenters. The Morgan fingerprint density at radius 3 is 2.23 bits per heavy atom. The molecule has 31 heavy (non-hydrogen) atoms. The Labute approximate surface area is 182 Å². The second-order valence-electron chi connectivity index (χ2n) is 7.95. The zero-order valence-corrected chi connectivity index (χ0v) is 17.5. The van der Waals surface area contributed by atoms with Crippen LogP contribution in [0.25, 0.3) is 0 Å². The van der Waals surface area contributed by atoms with Gasteiger partial charge >= 0.3 is 0 Å². The minimum absolute atomic E-state index is 0.0129. The third kappa shape index (κ3) is 6.93. The van der Waals surface area contributed by atoms with Crippen LogP contribution >= 0.6 is 0 Å². The van der Waals surface area contributed by atoms with E-state index in [-0.39, 0.29) is 37.4 Å². The number of nitrogens with one attached hydrogen (secondary N) is 2. The van der Waals surface area contributed by atoms with Crippen molar-refractivity contribution in [2.75, 3.05) is 6.54 Å². The minimum Gasteiger partial charge on any atom is -0.352 e. The van der Waals surface area contributed by atoms with Crippen LogP contribution < -0.4 is 10.8 Å². The summed E-state index contributed by atoms with van der Waals surface area (Å²) in [7, 11) is 0. The van der Waals surface area contributed by atoms with Crippen molar-refractivity contribution < 1.29 is 19.6 Å². The molecule has 164 valence electrons. The zero-order valence-electron chi connectivity index (χ0n) is 17.5. The second-order valence-corrected chi connectivity index (χ2v) is 7.95. The number of hydroxylamine groups is 1. The van der Waals surface area contributed by atoms with Gasteiger partial charge in [-0.3, -0.25) is 19.6 Å². The van der Waals surface area contributed by atoms with Gasteiger partial charge in [-0.25, -0.2) is 5.48 Å². The molecule has 0 unspecified atom stereocenters. The van der Waals surface area contributed by atoms with E-state index in [1.807, 2.05) is 30.3 Å². The van der Waals surface area contributed by atoms with E-state index in [1.165, 1.54) is 6.42 Å². The lowest BCUT2D eigenvalue weighted by atomic mass is 9.95. The van der Waals surface area contributed by atoms with Gasteiger partial charge < -0.3 is 10.2 Å². The van der Waals surface area contributed by atoms with Gasteiger partial charge in [-0.2, -0.15) is 0 Å². The summed E-state index contributed by atoms with van der Waals surface area (Å²) in [5, 5.41) is 11.8. The van der Waals surface area contributed by atoms with Gasteiger partial charge in [-0.1, -0.05) is 61.7 Å². The highest BCUT2D eigenvalue weighted by Crippen LogP contribution is 2.17. The molecule has 3 amide bonds. The molecule has 0 aromatic heterocycles. The lowest BCUT2D eigenvalue weighted by molar-refractivity contribution is -0.136. The molecule has 0 heterocycles. The van der Waals surface area contributed by atoms with E-state index in [0.717, 1.165) is 36.8 Å². The summed E-state index contributed by atoms with van der Waals surface area (Å²) >= 11 is 0. The molecule has 7 nitrogen and oxygen atoms in total. The quantitative estimate of drug-likeness (QED) is 0.449. The first-order chi connectivity index (χ1) is 15.0. The van der Waals surface area contributed by atoms with Gasteiger partial charge in [-0.15, -0.1) is 0 Å². The smallest absolute Gasteiger partial charge is 0.274 e. The van der Waals surface area contributed by atoms with Crippen molar-refractivity contribution in [1.82, 2.24) is 15.7 Å². The Morgan fingerprint density at radius 1 is 0.903 bits per heavy atom. The van der Waals surface area contributed by atoms with Crippen molar-refractivity contribution >= 4 is 17.7 Å². The van der Waals surface area contributed by atoms with Gasteiger partial charge in [0.05, 0.1) is 13.0 Å². The zero-order chi connectivity index (χ0) is 22.1. The first kappa shape index (κ1) is 22.5. The number of hydrogen-bond acceptors (Lipinski definition) is 4. The summed E-state index contributed by atoms with van der Waals surface area (Å²) in [6.07, 6.45) is 5.63. The Balaban J connectivity index is 1.69. The lowest BCUT2D eigenvalue weighted by Gasteiger charge is -2.26. The maximum absolute atomic E-state index is 13.0. The highest BCUT2D eigenvalue weighted by molar-refractivity contribution is 5.93. The Hall–Kier alpha value is -3.19. The molecule has 1 saturated carbocycles. The molecule has 7 heteroatoms. The molecule has 0 saturated heterocycles. The number of rotatable bonds is 8. The van der Waals surface area contributed by atoms with Crippen LogP contribution in [0.2, 0.25) is 0 Å². The van der Waals surface area contributed by atoms with Gasteiger partial charge in [0.2, 0.25) is 11.8 Å². The fraction of sp³-hybridized carbons (Fsp3) is 0.375. The normalized spacial score (nSPS) is 14.0. The van der Waals surface area contributed by atoms with E-state index < -0.39 is 5.91 Å². The molecule has 1 aliphatic rings. The molecular formula is C24H29N3O4. The number of hydrogen-bond donors (Lipinski definition) is 3. The van der Waals surface area contributed by atoms with Gasteiger partial charge in [0.1, 0.15) is 0 Å². The number of carbonyl (C=O) groups is 3. The summed E-state index contributed by atoms with van der Waals surface area (Å²) in [6.45, 7) is 0.242. The maximum Gasteiger partial charge on any atom is 0.274 e. The molecule has 0 aliphatic heterocycles. The highest BCUT2D eigenvalue weighted by Gasteiger charge is 2.21. The first-order valence-electron chi connectivity index (χ1n) is 10.7. The molecule has 0 spiro atoms. The van der Waals surface area contributed by atoms with Crippen molar-refractivity contribution in [3.05, 3.63) is 71.3 Å². The van der Waals surface area contributed by atoms with E-state index in [9.17, 15) is 14.4 Å². The van der Waals surface area contributed by atoms with Crippen LogP contribution in [0.1, 0.15) is 53.6 Å². The molecule has 1 fully saturated rings.